The Labute approximate surface area is 111 Å². The summed E-state index contributed by atoms with van der Waals surface area (Å²) in [6.45, 7) is 2.53. The molecule has 96 valence electrons. The van der Waals surface area contributed by atoms with Gasteiger partial charge in [-0.1, -0.05) is 19.1 Å². The number of aromatic nitrogens is 1. The fourth-order valence-corrected chi connectivity index (χ4v) is 1.92. The molecule has 2 rings (SSSR count). The molecule has 4 heteroatoms. The predicted octanol–water partition coefficient (Wildman–Crippen LogP) is 3.27. The number of hydrogen-bond acceptors (Lipinski definition) is 3. The molecule has 0 atom stereocenters. The van der Waals surface area contributed by atoms with Crippen molar-refractivity contribution in [3.05, 3.63) is 59.2 Å². The Hall–Kier alpha value is -2.41. The largest absolute Gasteiger partial charge is 0.378 e. The van der Waals surface area contributed by atoms with E-state index in [0.29, 0.717) is 12.2 Å². The van der Waals surface area contributed by atoms with Crippen LogP contribution in [0.3, 0.4) is 0 Å². The zero-order valence-corrected chi connectivity index (χ0v) is 10.7. The molecule has 1 heterocycles. The summed E-state index contributed by atoms with van der Waals surface area (Å²) in [7, 11) is 0. The monoisotopic (exact) mass is 255 g/mol. The molecule has 3 nitrogen and oxygen atoms in total. The first-order valence-electron chi connectivity index (χ1n) is 6.11. The summed E-state index contributed by atoms with van der Waals surface area (Å²) in [4.78, 5) is 4.30. The Kier molecular flexibility index (Phi) is 4.09. The normalized spacial score (nSPS) is 9.95. The van der Waals surface area contributed by atoms with Crippen LogP contribution in [0.5, 0.6) is 0 Å². The summed E-state index contributed by atoms with van der Waals surface area (Å²) >= 11 is 0. The smallest absolute Gasteiger partial charge is 0.143 e. The van der Waals surface area contributed by atoms with E-state index in [0.717, 1.165) is 17.7 Å². The second-order valence-corrected chi connectivity index (χ2v) is 4.09. The maximum atomic E-state index is 13.4. The Morgan fingerprint density at radius 2 is 2.16 bits per heavy atom. The number of aryl methyl sites for hydroxylation is 1. The van der Waals surface area contributed by atoms with E-state index in [-0.39, 0.29) is 5.56 Å². The van der Waals surface area contributed by atoms with Crippen LogP contribution in [0.15, 0.2) is 36.5 Å². The Morgan fingerprint density at radius 3 is 2.89 bits per heavy atom. The van der Waals surface area contributed by atoms with Gasteiger partial charge in [-0.05, 0) is 30.2 Å². The number of hydrogen-bond donors (Lipinski definition) is 1. The molecule has 1 aromatic carbocycles. The maximum Gasteiger partial charge on any atom is 0.143 e. The zero-order valence-electron chi connectivity index (χ0n) is 10.7. The average molecular weight is 255 g/mol. The Bertz CT molecular complexity index is 617. The lowest BCUT2D eigenvalue weighted by Crippen LogP contribution is -2.06. The molecular weight excluding hydrogens is 241 g/mol. The third kappa shape index (κ3) is 2.89. The van der Waals surface area contributed by atoms with Crippen molar-refractivity contribution in [2.24, 2.45) is 0 Å². The van der Waals surface area contributed by atoms with Crippen molar-refractivity contribution in [2.45, 2.75) is 19.9 Å². The van der Waals surface area contributed by atoms with Gasteiger partial charge in [0.15, 0.2) is 0 Å². The fourth-order valence-electron chi connectivity index (χ4n) is 1.92. The van der Waals surface area contributed by atoms with Crippen LogP contribution in [0, 0.1) is 17.1 Å². The molecule has 0 fully saturated rings. The third-order valence-electron chi connectivity index (χ3n) is 2.94. The molecule has 0 saturated heterocycles. The number of nitriles is 1. The molecule has 0 spiro atoms. The first-order chi connectivity index (χ1) is 9.26. The topological polar surface area (TPSA) is 48.7 Å². The standard InChI is InChI=1S/C15H14FN3/c1-2-11-5-4-8-18-15(11)10-19-14-7-3-6-13(16)12(14)9-17/h3-8,19H,2,10H2,1H3. The first kappa shape index (κ1) is 13.0. The second kappa shape index (κ2) is 5.96. The lowest BCUT2D eigenvalue weighted by atomic mass is 10.1. The van der Waals surface area contributed by atoms with E-state index < -0.39 is 5.82 Å². The third-order valence-corrected chi connectivity index (χ3v) is 2.94. The van der Waals surface area contributed by atoms with Crippen molar-refractivity contribution in [1.82, 2.24) is 4.98 Å². The van der Waals surface area contributed by atoms with Gasteiger partial charge in [0.05, 0.1) is 17.9 Å². The van der Waals surface area contributed by atoms with Crippen molar-refractivity contribution in [2.75, 3.05) is 5.32 Å². The number of pyridine rings is 1. The number of anilines is 1. The molecule has 0 aliphatic heterocycles. The summed E-state index contributed by atoms with van der Waals surface area (Å²) in [5.41, 5.74) is 2.59. The van der Waals surface area contributed by atoms with Crippen LogP contribution in [-0.2, 0) is 13.0 Å². The quantitative estimate of drug-likeness (QED) is 0.912. The van der Waals surface area contributed by atoms with E-state index in [2.05, 4.69) is 17.2 Å². The molecule has 19 heavy (non-hydrogen) atoms. The zero-order chi connectivity index (χ0) is 13.7. The lowest BCUT2D eigenvalue weighted by Gasteiger charge is -2.10. The van der Waals surface area contributed by atoms with Gasteiger partial charge in [-0.25, -0.2) is 4.39 Å². The summed E-state index contributed by atoms with van der Waals surface area (Å²) in [5, 5.41) is 12.0. The number of nitrogens with one attached hydrogen (secondary N) is 1. The summed E-state index contributed by atoms with van der Waals surface area (Å²) < 4.78 is 13.4. The molecule has 0 unspecified atom stereocenters. The van der Waals surface area contributed by atoms with Crippen LogP contribution in [-0.4, -0.2) is 4.98 Å². The van der Waals surface area contributed by atoms with Crippen LogP contribution < -0.4 is 5.32 Å². The molecule has 1 aromatic heterocycles. The van der Waals surface area contributed by atoms with E-state index in [4.69, 9.17) is 5.26 Å². The summed E-state index contributed by atoms with van der Waals surface area (Å²) in [5.74, 6) is -0.510. The minimum Gasteiger partial charge on any atom is -0.378 e. The van der Waals surface area contributed by atoms with Gasteiger partial charge in [0, 0.05) is 6.20 Å². The van der Waals surface area contributed by atoms with E-state index >= 15 is 0 Å². The molecule has 0 radical (unpaired) electrons. The van der Waals surface area contributed by atoms with Crippen LogP contribution in [0.4, 0.5) is 10.1 Å². The molecule has 0 amide bonds. The molecule has 0 aliphatic rings. The highest BCUT2D eigenvalue weighted by molar-refractivity contribution is 5.58. The van der Waals surface area contributed by atoms with Crippen molar-refractivity contribution in [1.29, 1.82) is 5.26 Å². The predicted molar refractivity (Wildman–Crippen MR) is 72.1 cm³/mol. The SMILES string of the molecule is CCc1cccnc1CNc1cccc(F)c1C#N. The molecular formula is C15H14FN3. The fraction of sp³-hybridized carbons (Fsp3) is 0.200. The van der Waals surface area contributed by atoms with Crippen LogP contribution in [0.1, 0.15) is 23.7 Å². The molecule has 1 N–H and O–H groups in total. The molecule has 0 saturated carbocycles. The summed E-state index contributed by atoms with van der Waals surface area (Å²) in [6.07, 6.45) is 2.62. The highest BCUT2D eigenvalue weighted by Gasteiger charge is 2.08. The van der Waals surface area contributed by atoms with Crippen molar-refractivity contribution in [3.8, 4) is 6.07 Å². The maximum absolute atomic E-state index is 13.4. The Balaban J connectivity index is 2.20. The van der Waals surface area contributed by atoms with Crippen molar-refractivity contribution in [3.63, 3.8) is 0 Å². The van der Waals surface area contributed by atoms with Crippen LogP contribution >= 0.6 is 0 Å². The lowest BCUT2D eigenvalue weighted by molar-refractivity contribution is 0.624. The minimum atomic E-state index is -0.510. The van der Waals surface area contributed by atoms with Crippen molar-refractivity contribution >= 4 is 5.69 Å². The molecule has 2 aromatic rings. The van der Waals surface area contributed by atoms with Crippen LogP contribution in [0.2, 0.25) is 0 Å². The molecule has 0 bridgehead atoms. The van der Waals surface area contributed by atoms with Gasteiger partial charge in [-0.15, -0.1) is 0 Å². The van der Waals surface area contributed by atoms with Gasteiger partial charge < -0.3 is 5.32 Å². The highest BCUT2D eigenvalue weighted by atomic mass is 19.1. The average Bonchev–Trinajstić information content (AvgIpc) is 2.45. The number of halogens is 1. The van der Waals surface area contributed by atoms with Crippen molar-refractivity contribution < 1.29 is 4.39 Å². The number of benzene rings is 1. The van der Waals surface area contributed by atoms with Gasteiger partial charge in [0.25, 0.3) is 0 Å². The van der Waals surface area contributed by atoms with E-state index in [9.17, 15) is 4.39 Å². The second-order valence-electron chi connectivity index (χ2n) is 4.09. The van der Waals surface area contributed by atoms with E-state index in [1.807, 2.05) is 18.2 Å². The Morgan fingerprint density at radius 1 is 1.32 bits per heavy atom. The van der Waals surface area contributed by atoms with E-state index in [1.54, 1.807) is 18.3 Å². The van der Waals surface area contributed by atoms with Gasteiger partial charge in [-0.3, -0.25) is 4.98 Å². The van der Waals surface area contributed by atoms with Gasteiger partial charge in [-0.2, -0.15) is 5.26 Å². The highest BCUT2D eigenvalue weighted by Crippen LogP contribution is 2.19. The van der Waals surface area contributed by atoms with Gasteiger partial charge >= 0.3 is 0 Å². The van der Waals surface area contributed by atoms with Gasteiger partial charge in [0.2, 0.25) is 0 Å². The summed E-state index contributed by atoms with van der Waals surface area (Å²) in [6, 6.07) is 10.3. The first-order valence-corrected chi connectivity index (χ1v) is 6.11. The number of rotatable bonds is 4. The molecule has 0 aliphatic carbocycles. The van der Waals surface area contributed by atoms with Gasteiger partial charge in [0.1, 0.15) is 17.4 Å². The number of nitrogens with zero attached hydrogens (tertiary/aromatic N) is 2. The van der Waals surface area contributed by atoms with Crippen LogP contribution in [0.25, 0.3) is 0 Å². The minimum absolute atomic E-state index is 0.0384. The van der Waals surface area contributed by atoms with E-state index in [1.165, 1.54) is 6.07 Å².